The van der Waals surface area contributed by atoms with E-state index >= 15 is 0 Å². The van der Waals surface area contributed by atoms with Gasteiger partial charge in [-0.15, -0.1) is 5.06 Å². The van der Waals surface area contributed by atoms with Gasteiger partial charge in [-0.3, -0.25) is 5.21 Å². The first-order valence-electron chi connectivity index (χ1n) is 5.88. The SMILES string of the molecule is O=C(Nc1ccccc1)N(O)C(=O)Nc1ccccc1. The molecular weight excluding hydrogens is 258 g/mol. The van der Waals surface area contributed by atoms with Crippen LogP contribution in [0.2, 0.25) is 0 Å². The Labute approximate surface area is 115 Å². The molecule has 0 bridgehead atoms. The number of anilines is 2. The molecule has 0 fully saturated rings. The molecule has 0 aliphatic heterocycles. The molecule has 0 radical (unpaired) electrons. The number of para-hydroxylation sites is 2. The topological polar surface area (TPSA) is 81.7 Å². The van der Waals surface area contributed by atoms with Crippen LogP contribution in [-0.2, 0) is 0 Å². The van der Waals surface area contributed by atoms with Crippen LogP contribution in [0.15, 0.2) is 60.7 Å². The van der Waals surface area contributed by atoms with E-state index in [1.807, 2.05) is 0 Å². The Morgan fingerprint density at radius 1 is 0.750 bits per heavy atom. The maximum Gasteiger partial charge on any atom is 0.354 e. The summed E-state index contributed by atoms with van der Waals surface area (Å²) in [5, 5.41) is 14.3. The number of imide groups is 1. The first-order chi connectivity index (χ1) is 9.66. The summed E-state index contributed by atoms with van der Waals surface area (Å²) in [5.74, 6) is 0. The van der Waals surface area contributed by atoms with Crippen molar-refractivity contribution in [2.75, 3.05) is 10.6 Å². The van der Waals surface area contributed by atoms with E-state index in [2.05, 4.69) is 10.6 Å². The first-order valence-corrected chi connectivity index (χ1v) is 5.88. The van der Waals surface area contributed by atoms with Crippen LogP contribution in [0.1, 0.15) is 0 Å². The number of urea groups is 2. The van der Waals surface area contributed by atoms with E-state index in [-0.39, 0.29) is 5.06 Å². The highest BCUT2D eigenvalue weighted by Gasteiger charge is 2.19. The largest absolute Gasteiger partial charge is 0.354 e. The number of benzene rings is 2. The van der Waals surface area contributed by atoms with Gasteiger partial charge in [0.15, 0.2) is 0 Å². The van der Waals surface area contributed by atoms with Gasteiger partial charge < -0.3 is 10.6 Å². The normalized spacial score (nSPS) is 9.65. The van der Waals surface area contributed by atoms with Crippen LogP contribution in [-0.4, -0.2) is 22.3 Å². The molecule has 0 saturated heterocycles. The van der Waals surface area contributed by atoms with Crippen LogP contribution in [0.25, 0.3) is 0 Å². The molecule has 2 aromatic rings. The number of rotatable bonds is 2. The van der Waals surface area contributed by atoms with E-state index in [9.17, 15) is 14.8 Å². The van der Waals surface area contributed by atoms with Gasteiger partial charge in [-0.05, 0) is 24.3 Å². The Balaban J connectivity index is 1.95. The van der Waals surface area contributed by atoms with Gasteiger partial charge >= 0.3 is 12.1 Å². The Morgan fingerprint density at radius 2 is 1.10 bits per heavy atom. The van der Waals surface area contributed by atoms with Gasteiger partial charge in [0.25, 0.3) is 0 Å². The van der Waals surface area contributed by atoms with Crippen molar-refractivity contribution < 1.29 is 14.8 Å². The molecule has 0 heterocycles. The first kappa shape index (κ1) is 13.6. The third-order valence-corrected chi connectivity index (χ3v) is 2.43. The summed E-state index contributed by atoms with van der Waals surface area (Å²) >= 11 is 0. The summed E-state index contributed by atoms with van der Waals surface area (Å²) in [6, 6.07) is 15.1. The average molecular weight is 271 g/mol. The van der Waals surface area contributed by atoms with Crippen molar-refractivity contribution >= 4 is 23.4 Å². The van der Waals surface area contributed by atoms with Crippen LogP contribution in [0.5, 0.6) is 0 Å². The minimum atomic E-state index is -0.940. The van der Waals surface area contributed by atoms with Gasteiger partial charge in [0.05, 0.1) is 0 Å². The lowest BCUT2D eigenvalue weighted by atomic mass is 10.3. The summed E-state index contributed by atoms with van der Waals surface area (Å²) in [4.78, 5) is 23.3. The fourth-order valence-corrected chi connectivity index (χ4v) is 1.49. The fraction of sp³-hybridized carbons (Fsp3) is 0. The number of hydroxylamine groups is 2. The maximum atomic E-state index is 11.6. The van der Waals surface area contributed by atoms with Gasteiger partial charge in [-0.25, -0.2) is 9.59 Å². The van der Waals surface area contributed by atoms with Crippen molar-refractivity contribution in [3.8, 4) is 0 Å². The predicted octanol–water partition coefficient (Wildman–Crippen LogP) is 3.14. The van der Waals surface area contributed by atoms with Gasteiger partial charge in [0.1, 0.15) is 0 Å². The molecule has 0 unspecified atom stereocenters. The van der Waals surface area contributed by atoms with Crippen molar-refractivity contribution in [1.82, 2.24) is 5.06 Å². The highest BCUT2D eigenvalue weighted by atomic mass is 16.5. The van der Waals surface area contributed by atoms with Crippen molar-refractivity contribution in [3.63, 3.8) is 0 Å². The molecule has 6 nitrogen and oxygen atoms in total. The van der Waals surface area contributed by atoms with Crippen molar-refractivity contribution in [1.29, 1.82) is 0 Å². The lowest BCUT2D eigenvalue weighted by Gasteiger charge is -2.14. The van der Waals surface area contributed by atoms with Crippen molar-refractivity contribution in [2.24, 2.45) is 0 Å². The average Bonchev–Trinajstić information content (AvgIpc) is 2.48. The van der Waals surface area contributed by atoms with Gasteiger partial charge in [0, 0.05) is 11.4 Å². The van der Waals surface area contributed by atoms with Gasteiger partial charge in [-0.2, -0.15) is 0 Å². The second-order valence-electron chi connectivity index (χ2n) is 3.90. The molecule has 20 heavy (non-hydrogen) atoms. The second-order valence-corrected chi connectivity index (χ2v) is 3.90. The van der Waals surface area contributed by atoms with Crippen molar-refractivity contribution in [3.05, 3.63) is 60.7 Å². The van der Waals surface area contributed by atoms with Crippen LogP contribution in [0.3, 0.4) is 0 Å². The Kier molecular flexibility index (Phi) is 4.31. The molecule has 0 aliphatic carbocycles. The van der Waals surface area contributed by atoms with Gasteiger partial charge in [-0.1, -0.05) is 36.4 Å². The summed E-state index contributed by atoms with van der Waals surface area (Å²) in [5.41, 5.74) is 0.952. The maximum absolute atomic E-state index is 11.6. The van der Waals surface area contributed by atoms with E-state index in [0.717, 1.165) is 0 Å². The number of carbonyl (C=O) groups is 2. The van der Waals surface area contributed by atoms with Crippen LogP contribution in [0, 0.1) is 0 Å². The molecule has 0 saturated carbocycles. The minimum Gasteiger partial charge on any atom is -0.306 e. The highest BCUT2D eigenvalue weighted by molar-refractivity contribution is 6.03. The zero-order chi connectivity index (χ0) is 14.4. The van der Waals surface area contributed by atoms with E-state index < -0.39 is 12.1 Å². The third-order valence-electron chi connectivity index (χ3n) is 2.43. The third kappa shape index (κ3) is 3.56. The Morgan fingerprint density at radius 3 is 1.45 bits per heavy atom. The summed E-state index contributed by atoms with van der Waals surface area (Å²) < 4.78 is 0. The van der Waals surface area contributed by atoms with Crippen LogP contribution < -0.4 is 10.6 Å². The molecule has 6 heteroatoms. The molecule has 2 aromatic carbocycles. The minimum absolute atomic E-state index is 0.0139. The number of amides is 4. The lowest BCUT2D eigenvalue weighted by molar-refractivity contribution is 0.00917. The summed E-state index contributed by atoms with van der Waals surface area (Å²) in [6.07, 6.45) is 0. The second kappa shape index (κ2) is 6.35. The molecule has 4 amide bonds. The smallest absolute Gasteiger partial charge is 0.306 e. The molecule has 0 aliphatic rings. The molecule has 102 valence electrons. The van der Waals surface area contributed by atoms with E-state index in [1.54, 1.807) is 60.7 Å². The quantitative estimate of drug-likeness (QED) is 0.579. The molecule has 0 atom stereocenters. The summed E-state index contributed by atoms with van der Waals surface area (Å²) in [6.45, 7) is 0. The zero-order valence-electron chi connectivity index (χ0n) is 10.5. The molecule has 2 rings (SSSR count). The number of hydrogen-bond donors (Lipinski definition) is 3. The van der Waals surface area contributed by atoms with Crippen LogP contribution in [0.4, 0.5) is 21.0 Å². The van der Waals surface area contributed by atoms with E-state index in [0.29, 0.717) is 11.4 Å². The molecular formula is C14H13N3O3. The van der Waals surface area contributed by atoms with Gasteiger partial charge in [0.2, 0.25) is 0 Å². The Bertz CT molecular complexity index is 534. The number of nitrogens with zero attached hydrogens (tertiary/aromatic N) is 1. The lowest BCUT2D eigenvalue weighted by Crippen LogP contribution is -2.40. The highest BCUT2D eigenvalue weighted by Crippen LogP contribution is 2.08. The summed E-state index contributed by atoms with van der Waals surface area (Å²) in [7, 11) is 0. The Hall–Kier alpha value is -2.86. The molecule has 0 spiro atoms. The standard InChI is InChI=1S/C14H13N3O3/c18-13(15-11-7-3-1-4-8-11)17(20)14(19)16-12-9-5-2-6-10-12/h1-10,20H,(H,15,18)(H,16,19). The molecule has 3 N–H and O–H groups in total. The number of hydrogen-bond acceptors (Lipinski definition) is 3. The monoisotopic (exact) mass is 271 g/mol. The predicted molar refractivity (Wildman–Crippen MR) is 74.5 cm³/mol. The van der Waals surface area contributed by atoms with Crippen molar-refractivity contribution in [2.45, 2.75) is 0 Å². The molecule has 0 aromatic heterocycles. The fourth-order valence-electron chi connectivity index (χ4n) is 1.49. The number of carbonyl (C=O) groups excluding carboxylic acids is 2. The zero-order valence-corrected chi connectivity index (χ0v) is 10.5. The van der Waals surface area contributed by atoms with E-state index in [1.165, 1.54) is 0 Å². The van der Waals surface area contributed by atoms with E-state index in [4.69, 9.17) is 0 Å². The number of nitrogens with one attached hydrogen (secondary N) is 2. The van der Waals surface area contributed by atoms with Crippen LogP contribution >= 0.6 is 0 Å².